The lowest BCUT2D eigenvalue weighted by molar-refractivity contribution is 0.388. The van der Waals surface area contributed by atoms with Crippen molar-refractivity contribution in [2.24, 2.45) is 11.8 Å². The molecule has 0 aliphatic carbocycles. The molecule has 2 rings (SSSR count). The smallest absolute Gasteiger partial charge is 0.142 e. The van der Waals surface area contributed by atoms with Crippen molar-refractivity contribution in [2.75, 3.05) is 16.9 Å². The lowest BCUT2D eigenvalue weighted by Gasteiger charge is -2.37. The van der Waals surface area contributed by atoms with E-state index in [1.807, 2.05) is 12.1 Å². The number of hydrogen-bond acceptors (Lipinski definition) is 4. The standard InChI is InChI=1S/C12H20N4/c1-9-6-7-10(2)16(8-9)12-5-3-4-11(14-12)15-13/h3-5,9-10H,6-8,13H2,1-2H3,(H,14,15). The average Bonchev–Trinajstić information content (AvgIpc) is 2.32. The fraction of sp³-hybridized carbons (Fsp3) is 0.583. The van der Waals surface area contributed by atoms with E-state index in [1.165, 1.54) is 12.8 Å². The third kappa shape index (κ3) is 2.27. The van der Waals surface area contributed by atoms with E-state index in [0.29, 0.717) is 6.04 Å². The zero-order valence-corrected chi connectivity index (χ0v) is 9.98. The summed E-state index contributed by atoms with van der Waals surface area (Å²) in [5, 5.41) is 0. The number of piperidine rings is 1. The van der Waals surface area contributed by atoms with Crippen LogP contribution in [0, 0.1) is 5.92 Å². The highest BCUT2D eigenvalue weighted by Gasteiger charge is 2.23. The summed E-state index contributed by atoms with van der Waals surface area (Å²) < 4.78 is 0. The predicted molar refractivity (Wildman–Crippen MR) is 67.3 cm³/mol. The molecule has 0 radical (unpaired) electrons. The van der Waals surface area contributed by atoms with E-state index >= 15 is 0 Å². The minimum Gasteiger partial charge on any atom is -0.354 e. The van der Waals surface area contributed by atoms with Crippen LogP contribution in [-0.4, -0.2) is 17.6 Å². The number of nitrogens with two attached hydrogens (primary N) is 1. The SMILES string of the molecule is CC1CCC(C)N(c2cccc(NN)n2)C1. The van der Waals surface area contributed by atoms with Gasteiger partial charge in [-0.2, -0.15) is 0 Å². The first-order valence-electron chi connectivity index (χ1n) is 5.91. The molecule has 0 bridgehead atoms. The van der Waals surface area contributed by atoms with Crippen molar-refractivity contribution in [3.63, 3.8) is 0 Å². The Morgan fingerprint density at radius 1 is 1.38 bits per heavy atom. The molecule has 16 heavy (non-hydrogen) atoms. The minimum atomic E-state index is 0.566. The van der Waals surface area contributed by atoms with Gasteiger partial charge in [0, 0.05) is 12.6 Å². The fourth-order valence-corrected chi connectivity index (χ4v) is 2.27. The second kappa shape index (κ2) is 4.70. The van der Waals surface area contributed by atoms with E-state index in [-0.39, 0.29) is 0 Å². The van der Waals surface area contributed by atoms with Gasteiger partial charge >= 0.3 is 0 Å². The molecule has 1 aromatic heterocycles. The first-order valence-corrected chi connectivity index (χ1v) is 5.91. The van der Waals surface area contributed by atoms with Gasteiger partial charge < -0.3 is 10.3 Å². The van der Waals surface area contributed by atoms with Crippen LogP contribution in [0.3, 0.4) is 0 Å². The highest BCUT2D eigenvalue weighted by molar-refractivity contribution is 5.47. The number of aromatic nitrogens is 1. The van der Waals surface area contributed by atoms with Gasteiger partial charge in [-0.1, -0.05) is 13.0 Å². The van der Waals surface area contributed by atoms with Gasteiger partial charge in [-0.15, -0.1) is 0 Å². The van der Waals surface area contributed by atoms with Crippen molar-refractivity contribution in [2.45, 2.75) is 32.7 Å². The third-order valence-corrected chi connectivity index (χ3v) is 3.29. The Bertz CT molecular complexity index is 353. The quantitative estimate of drug-likeness (QED) is 0.591. The summed E-state index contributed by atoms with van der Waals surface area (Å²) in [6.07, 6.45) is 2.55. The largest absolute Gasteiger partial charge is 0.354 e. The molecule has 2 heterocycles. The van der Waals surface area contributed by atoms with Crippen molar-refractivity contribution in [1.82, 2.24) is 4.98 Å². The monoisotopic (exact) mass is 220 g/mol. The molecule has 1 aliphatic rings. The van der Waals surface area contributed by atoms with Crippen LogP contribution in [0.25, 0.3) is 0 Å². The Morgan fingerprint density at radius 2 is 2.19 bits per heavy atom. The van der Waals surface area contributed by atoms with E-state index in [9.17, 15) is 0 Å². The molecule has 0 saturated carbocycles. The number of hydrogen-bond donors (Lipinski definition) is 2. The summed E-state index contributed by atoms with van der Waals surface area (Å²) >= 11 is 0. The van der Waals surface area contributed by atoms with Crippen LogP contribution in [0.1, 0.15) is 26.7 Å². The lowest BCUT2D eigenvalue weighted by Crippen LogP contribution is -2.41. The molecular weight excluding hydrogens is 200 g/mol. The lowest BCUT2D eigenvalue weighted by atomic mass is 9.95. The average molecular weight is 220 g/mol. The normalized spacial score (nSPS) is 25.6. The Labute approximate surface area is 96.8 Å². The number of nitrogens with one attached hydrogen (secondary N) is 1. The summed E-state index contributed by atoms with van der Waals surface area (Å²) in [4.78, 5) is 6.86. The topological polar surface area (TPSA) is 54.2 Å². The molecule has 1 aromatic rings. The maximum atomic E-state index is 5.38. The molecule has 3 N–H and O–H groups in total. The number of anilines is 2. The molecule has 88 valence electrons. The van der Waals surface area contributed by atoms with Crippen LogP contribution in [-0.2, 0) is 0 Å². The van der Waals surface area contributed by atoms with Crippen LogP contribution < -0.4 is 16.2 Å². The molecule has 0 amide bonds. The molecular formula is C12H20N4. The van der Waals surface area contributed by atoms with Gasteiger partial charge in [0.2, 0.25) is 0 Å². The van der Waals surface area contributed by atoms with Crippen LogP contribution in [0.2, 0.25) is 0 Å². The van der Waals surface area contributed by atoms with Crippen molar-refractivity contribution in [1.29, 1.82) is 0 Å². The Morgan fingerprint density at radius 3 is 2.94 bits per heavy atom. The molecule has 1 fully saturated rings. The molecule has 0 aromatic carbocycles. The number of nitrogens with zero attached hydrogens (tertiary/aromatic N) is 2. The summed E-state index contributed by atoms with van der Waals surface area (Å²) in [5.74, 6) is 7.87. The zero-order chi connectivity index (χ0) is 11.5. The molecule has 2 unspecified atom stereocenters. The fourth-order valence-electron chi connectivity index (χ4n) is 2.27. The third-order valence-electron chi connectivity index (χ3n) is 3.29. The van der Waals surface area contributed by atoms with Gasteiger partial charge in [0.05, 0.1) is 0 Å². The van der Waals surface area contributed by atoms with Crippen LogP contribution in [0.4, 0.5) is 11.6 Å². The molecule has 1 saturated heterocycles. The van der Waals surface area contributed by atoms with E-state index in [0.717, 1.165) is 24.1 Å². The Balaban J connectivity index is 2.20. The Kier molecular flexibility index (Phi) is 3.29. The van der Waals surface area contributed by atoms with Gasteiger partial charge in [-0.3, -0.25) is 0 Å². The van der Waals surface area contributed by atoms with Crippen LogP contribution in [0.5, 0.6) is 0 Å². The van der Waals surface area contributed by atoms with E-state index in [2.05, 4.69) is 35.2 Å². The van der Waals surface area contributed by atoms with Crippen molar-refractivity contribution in [3.8, 4) is 0 Å². The maximum absolute atomic E-state index is 5.38. The minimum absolute atomic E-state index is 0.566. The molecule has 4 heteroatoms. The summed E-state index contributed by atoms with van der Waals surface area (Å²) in [7, 11) is 0. The van der Waals surface area contributed by atoms with Crippen LogP contribution in [0.15, 0.2) is 18.2 Å². The number of nitrogen functional groups attached to an aromatic ring is 1. The summed E-state index contributed by atoms with van der Waals surface area (Å²) in [5.41, 5.74) is 2.59. The maximum Gasteiger partial charge on any atom is 0.142 e. The molecule has 2 atom stereocenters. The van der Waals surface area contributed by atoms with E-state index in [4.69, 9.17) is 5.84 Å². The van der Waals surface area contributed by atoms with Gasteiger partial charge in [-0.05, 0) is 37.8 Å². The van der Waals surface area contributed by atoms with Gasteiger partial charge in [-0.25, -0.2) is 10.8 Å². The molecule has 1 aliphatic heterocycles. The molecule has 4 nitrogen and oxygen atoms in total. The predicted octanol–water partition coefficient (Wildman–Crippen LogP) is 1.99. The van der Waals surface area contributed by atoms with Gasteiger partial charge in [0.15, 0.2) is 0 Å². The van der Waals surface area contributed by atoms with E-state index < -0.39 is 0 Å². The van der Waals surface area contributed by atoms with Crippen molar-refractivity contribution < 1.29 is 0 Å². The second-order valence-corrected chi connectivity index (χ2v) is 4.71. The first kappa shape index (κ1) is 11.2. The van der Waals surface area contributed by atoms with Gasteiger partial charge in [0.25, 0.3) is 0 Å². The first-order chi connectivity index (χ1) is 7.70. The molecule has 0 spiro atoms. The number of hydrazine groups is 1. The van der Waals surface area contributed by atoms with Crippen molar-refractivity contribution >= 4 is 11.6 Å². The number of pyridine rings is 1. The zero-order valence-electron chi connectivity index (χ0n) is 9.98. The van der Waals surface area contributed by atoms with Crippen LogP contribution >= 0.6 is 0 Å². The van der Waals surface area contributed by atoms with Crippen molar-refractivity contribution in [3.05, 3.63) is 18.2 Å². The van der Waals surface area contributed by atoms with E-state index in [1.54, 1.807) is 0 Å². The van der Waals surface area contributed by atoms with Gasteiger partial charge in [0.1, 0.15) is 11.6 Å². The summed E-state index contributed by atoms with van der Waals surface area (Å²) in [6, 6.07) is 6.48. The Hall–Kier alpha value is -1.29. The summed E-state index contributed by atoms with van der Waals surface area (Å²) in [6.45, 7) is 5.64. The second-order valence-electron chi connectivity index (χ2n) is 4.71. The highest BCUT2D eigenvalue weighted by atomic mass is 15.3. The number of rotatable bonds is 2. The highest BCUT2D eigenvalue weighted by Crippen LogP contribution is 2.26.